The molecule has 0 bridgehead atoms. The number of para-hydroxylation sites is 1. The van der Waals surface area contributed by atoms with Gasteiger partial charge in [-0.1, -0.05) is 18.2 Å². The number of carbonyl (C=O) groups is 3. The normalized spacial score (nSPS) is 20.9. The lowest BCUT2D eigenvalue weighted by atomic mass is 10.2. The fourth-order valence-corrected chi connectivity index (χ4v) is 3.15. The first kappa shape index (κ1) is 16.4. The molecule has 0 saturated carbocycles. The van der Waals surface area contributed by atoms with Gasteiger partial charge in [-0.05, 0) is 19.1 Å². The Hall–Kier alpha value is -2.02. The van der Waals surface area contributed by atoms with E-state index in [4.69, 9.17) is 4.74 Å². The van der Waals surface area contributed by atoms with Gasteiger partial charge >= 0.3 is 5.97 Å². The van der Waals surface area contributed by atoms with Gasteiger partial charge in [0.25, 0.3) is 0 Å². The van der Waals surface area contributed by atoms with Crippen LogP contribution in [-0.2, 0) is 19.1 Å². The van der Waals surface area contributed by atoms with E-state index in [-0.39, 0.29) is 24.8 Å². The Labute approximate surface area is 133 Å². The van der Waals surface area contributed by atoms with Crippen LogP contribution in [0.25, 0.3) is 0 Å². The number of nitrogens with one attached hydrogen (secondary N) is 2. The highest BCUT2D eigenvalue weighted by atomic mass is 32.2. The largest absolute Gasteiger partial charge is 0.464 e. The van der Waals surface area contributed by atoms with Gasteiger partial charge in [-0.15, -0.1) is 11.8 Å². The Balaban J connectivity index is 1.83. The number of hydrogen-bond acceptors (Lipinski definition) is 5. The number of thioether (sulfide) groups is 1. The summed E-state index contributed by atoms with van der Waals surface area (Å²) in [7, 11) is 0. The highest BCUT2D eigenvalue weighted by molar-refractivity contribution is 8.00. The molecule has 1 aromatic rings. The second kappa shape index (κ2) is 7.84. The summed E-state index contributed by atoms with van der Waals surface area (Å²) in [5, 5.41) is 4.85. The van der Waals surface area contributed by atoms with Gasteiger partial charge in [0.1, 0.15) is 6.04 Å². The lowest BCUT2D eigenvalue weighted by Crippen LogP contribution is -2.51. The minimum Gasteiger partial charge on any atom is -0.464 e. The number of carbonyl (C=O) groups excluding carboxylic acids is 3. The minimum atomic E-state index is -0.633. The molecule has 0 radical (unpaired) electrons. The molecule has 7 heteroatoms. The molecule has 1 saturated heterocycles. The number of amides is 2. The number of esters is 1. The predicted octanol–water partition coefficient (Wildman–Crippen LogP) is 1.18. The quantitative estimate of drug-likeness (QED) is 0.795. The summed E-state index contributed by atoms with van der Waals surface area (Å²) in [6.07, 6.45) is 0.0704. The van der Waals surface area contributed by atoms with E-state index in [0.29, 0.717) is 11.4 Å². The van der Waals surface area contributed by atoms with Crippen LogP contribution in [0.5, 0.6) is 0 Å². The van der Waals surface area contributed by atoms with Gasteiger partial charge < -0.3 is 15.4 Å². The molecule has 1 aromatic carbocycles. The summed E-state index contributed by atoms with van der Waals surface area (Å²) in [5.41, 5.74) is 0.693. The van der Waals surface area contributed by atoms with Gasteiger partial charge in [-0.25, -0.2) is 4.79 Å². The second-order valence-corrected chi connectivity index (χ2v) is 5.99. The molecule has 2 amide bonds. The van der Waals surface area contributed by atoms with Crippen LogP contribution >= 0.6 is 11.8 Å². The summed E-state index contributed by atoms with van der Waals surface area (Å²) < 4.78 is 4.88. The number of benzene rings is 1. The number of anilines is 1. The summed E-state index contributed by atoms with van der Waals surface area (Å²) in [6, 6.07) is 8.43. The zero-order chi connectivity index (χ0) is 15.9. The molecule has 2 rings (SSSR count). The third-order valence-corrected chi connectivity index (χ3v) is 4.38. The van der Waals surface area contributed by atoms with Crippen LogP contribution in [0.4, 0.5) is 5.69 Å². The molecule has 1 fully saturated rings. The molecule has 2 atom stereocenters. The van der Waals surface area contributed by atoms with Crippen LogP contribution in [0.3, 0.4) is 0 Å². The van der Waals surface area contributed by atoms with Crippen LogP contribution < -0.4 is 10.6 Å². The minimum absolute atomic E-state index is 0.0704. The van der Waals surface area contributed by atoms with Crippen molar-refractivity contribution in [3.63, 3.8) is 0 Å². The number of rotatable bonds is 5. The van der Waals surface area contributed by atoms with E-state index >= 15 is 0 Å². The zero-order valence-electron chi connectivity index (χ0n) is 12.2. The van der Waals surface area contributed by atoms with Gasteiger partial charge in [0, 0.05) is 17.9 Å². The number of ether oxygens (including phenoxy) is 1. The van der Waals surface area contributed by atoms with Crippen LogP contribution in [-0.4, -0.2) is 41.4 Å². The summed E-state index contributed by atoms with van der Waals surface area (Å²) in [5.74, 6) is -0.560. The maximum absolute atomic E-state index is 12.0. The lowest BCUT2D eigenvalue weighted by molar-refractivity contribution is -0.146. The van der Waals surface area contributed by atoms with Gasteiger partial charge in [0.15, 0.2) is 0 Å². The average Bonchev–Trinajstić information content (AvgIpc) is 2.50. The Kier molecular flexibility index (Phi) is 5.83. The van der Waals surface area contributed by atoms with E-state index in [0.717, 1.165) is 0 Å². The number of hydrogen-bond donors (Lipinski definition) is 2. The molecular formula is C15H18N2O4S. The molecule has 1 aliphatic heterocycles. The fourth-order valence-electron chi connectivity index (χ4n) is 2.02. The van der Waals surface area contributed by atoms with Crippen LogP contribution in [0.15, 0.2) is 30.3 Å². The predicted molar refractivity (Wildman–Crippen MR) is 84.5 cm³/mol. The monoisotopic (exact) mass is 322 g/mol. The Morgan fingerprint density at radius 2 is 2.09 bits per heavy atom. The summed E-state index contributed by atoms with van der Waals surface area (Å²) >= 11 is 1.30. The Bertz CT molecular complexity index is 550. The van der Waals surface area contributed by atoms with Crippen molar-refractivity contribution in [1.82, 2.24) is 5.32 Å². The molecular weight excluding hydrogens is 304 g/mol. The molecule has 1 heterocycles. The molecule has 0 aliphatic carbocycles. The lowest BCUT2D eigenvalue weighted by Gasteiger charge is -2.27. The summed E-state index contributed by atoms with van der Waals surface area (Å²) in [4.78, 5) is 35.5. The average molecular weight is 322 g/mol. The highest BCUT2D eigenvalue weighted by Crippen LogP contribution is 2.22. The van der Waals surface area contributed by atoms with E-state index in [2.05, 4.69) is 10.6 Å². The van der Waals surface area contributed by atoms with Gasteiger partial charge in [-0.3, -0.25) is 9.59 Å². The fraction of sp³-hybridized carbons (Fsp3) is 0.400. The van der Waals surface area contributed by atoms with Crippen molar-refractivity contribution in [3.05, 3.63) is 30.3 Å². The maximum Gasteiger partial charge on any atom is 0.329 e. The van der Waals surface area contributed by atoms with Gasteiger partial charge in [0.2, 0.25) is 11.8 Å². The van der Waals surface area contributed by atoms with Crippen molar-refractivity contribution in [3.8, 4) is 0 Å². The van der Waals surface area contributed by atoms with Crippen molar-refractivity contribution in [2.45, 2.75) is 24.6 Å². The van der Waals surface area contributed by atoms with E-state index in [1.54, 1.807) is 19.1 Å². The Morgan fingerprint density at radius 3 is 2.73 bits per heavy atom. The van der Waals surface area contributed by atoms with Crippen LogP contribution in [0.2, 0.25) is 0 Å². The second-order valence-electron chi connectivity index (χ2n) is 4.75. The SMILES string of the molecule is CCOC(=O)[C@@H]1CS[C@@H](CC(=O)Nc2ccccc2)C(=O)N1. The standard InChI is InChI=1S/C15H18N2O4S/c1-2-21-15(20)11-9-22-12(14(19)17-11)8-13(18)16-10-6-4-3-5-7-10/h3-7,11-12H,2,8-9H2,1H3,(H,16,18)(H,17,19)/t11-,12-/m0/s1. The van der Waals surface area contributed by atoms with Crippen molar-refractivity contribution in [1.29, 1.82) is 0 Å². The molecule has 2 N–H and O–H groups in total. The first-order chi connectivity index (χ1) is 10.6. The van der Waals surface area contributed by atoms with Crippen molar-refractivity contribution < 1.29 is 19.1 Å². The molecule has 0 spiro atoms. The molecule has 0 unspecified atom stereocenters. The van der Waals surface area contributed by atoms with Gasteiger partial charge in [0.05, 0.1) is 11.9 Å². The summed E-state index contributed by atoms with van der Waals surface area (Å²) in [6.45, 7) is 1.99. The maximum atomic E-state index is 12.0. The van der Waals surface area contributed by atoms with E-state index in [1.807, 2.05) is 18.2 Å². The zero-order valence-corrected chi connectivity index (χ0v) is 13.0. The van der Waals surface area contributed by atoms with Crippen molar-refractivity contribution in [2.24, 2.45) is 0 Å². The third kappa shape index (κ3) is 4.49. The molecule has 6 nitrogen and oxygen atoms in total. The first-order valence-corrected chi connectivity index (χ1v) is 8.08. The van der Waals surface area contributed by atoms with Crippen LogP contribution in [0.1, 0.15) is 13.3 Å². The first-order valence-electron chi connectivity index (χ1n) is 7.03. The Morgan fingerprint density at radius 1 is 1.36 bits per heavy atom. The van der Waals surface area contributed by atoms with Gasteiger partial charge in [-0.2, -0.15) is 0 Å². The van der Waals surface area contributed by atoms with Crippen molar-refractivity contribution in [2.75, 3.05) is 17.7 Å². The molecule has 118 valence electrons. The van der Waals surface area contributed by atoms with E-state index < -0.39 is 17.3 Å². The smallest absolute Gasteiger partial charge is 0.329 e. The van der Waals surface area contributed by atoms with Crippen LogP contribution in [0, 0.1) is 0 Å². The molecule has 1 aliphatic rings. The van der Waals surface area contributed by atoms with E-state index in [9.17, 15) is 14.4 Å². The molecule has 0 aromatic heterocycles. The van der Waals surface area contributed by atoms with Crippen molar-refractivity contribution >= 4 is 35.2 Å². The molecule has 22 heavy (non-hydrogen) atoms. The highest BCUT2D eigenvalue weighted by Gasteiger charge is 2.34. The topological polar surface area (TPSA) is 84.5 Å². The van der Waals surface area contributed by atoms with E-state index in [1.165, 1.54) is 11.8 Å². The third-order valence-electron chi connectivity index (χ3n) is 3.07.